The number of fused-ring (bicyclic) bond motifs is 1. The summed E-state index contributed by atoms with van der Waals surface area (Å²) in [6, 6.07) is 11.2. The number of aromatic nitrogens is 2. The molecule has 114 valence electrons. The number of hydrogen-bond donors (Lipinski definition) is 0. The second-order valence-electron chi connectivity index (χ2n) is 5.75. The molecule has 5 heteroatoms. The van der Waals surface area contributed by atoms with Gasteiger partial charge in [-0.05, 0) is 29.8 Å². The molecule has 0 atom stereocenters. The van der Waals surface area contributed by atoms with Crippen LogP contribution >= 0.6 is 0 Å². The van der Waals surface area contributed by atoms with E-state index in [1.165, 1.54) is 16.4 Å². The van der Waals surface area contributed by atoms with E-state index in [0.717, 1.165) is 16.3 Å². The molecule has 0 saturated heterocycles. The van der Waals surface area contributed by atoms with Crippen LogP contribution in [0.3, 0.4) is 0 Å². The molecule has 3 rings (SSSR count). The largest absolute Gasteiger partial charge is 0.269 e. The molecule has 0 aliphatic heterocycles. The number of benzene rings is 2. The van der Waals surface area contributed by atoms with Crippen molar-refractivity contribution in [2.45, 2.75) is 31.6 Å². The van der Waals surface area contributed by atoms with Crippen molar-refractivity contribution in [1.29, 1.82) is 0 Å². The Balaban J connectivity index is 2.17. The summed E-state index contributed by atoms with van der Waals surface area (Å²) in [5.74, 6) is 0.580. The zero-order valence-electron chi connectivity index (χ0n) is 12.8. The number of hydrogen-bond acceptors (Lipinski definition) is 3. The second kappa shape index (κ2) is 5.25. The Bertz CT molecular complexity index is 940. The molecule has 0 unspecified atom stereocenters. The van der Waals surface area contributed by atoms with Crippen LogP contribution in [0.1, 0.15) is 31.2 Å². The maximum atomic E-state index is 12.9. The van der Waals surface area contributed by atoms with Crippen molar-refractivity contribution in [2.24, 2.45) is 0 Å². The summed E-state index contributed by atoms with van der Waals surface area (Å²) in [5, 5.41) is 1.95. The first-order valence-corrected chi connectivity index (χ1v) is 8.63. The monoisotopic (exact) mass is 314 g/mol. The zero-order chi connectivity index (χ0) is 15.9. The van der Waals surface area contributed by atoms with E-state index in [1.54, 1.807) is 12.1 Å². The minimum atomic E-state index is -3.62. The number of aryl methyl sites for hydroxylation is 1. The minimum Gasteiger partial charge on any atom is -0.240 e. The van der Waals surface area contributed by atoms with E-state index in [0.29, 0.717) is 5.82 Å². The third-order valence-electron chi connectivity index (χ3n) is 3.68. The molecule has 1 heterocycles. The molecular weight excluding hydrogens is 296 g/mol. The van der Waals surface area contributed by atoms with E-state index in [4.69, 9.17) is 0 Å². The summed E-state index contributed by atoms with van der Waals surface area (Å²) in [7, 11) is -3.62. The first kappa shape index (κ1) is 14.8. The predicted octanol–water partition coefficient (Wildman–Crippen LogP) is 3.71. The number of nitrogens with zero attached hydrogens (tertiary/aromatic N) is 2. The van der Waals surface area contributed by atoms with E-state index >= 15 is 0 Å². The van der Waals surface area contributed by atoms with Crippen LogP contribution < -0.4 is 0 Å². The fourth-order valence-corrected chi connectivity index (χ4v) is 3.99. The smallest absolute Gasteiger partial charge is 0.240 e. The molecule has 0 bridgehead atoms. The Morgan fingerprint density at radius 3 is 2.45 bits per heavy atom. The van der Waals surface area contributed by atoms with Crippen molar-refractivity contribution < 1.29 is 8.42 Å². The fourth-order valence-electron chi connectivity index (χ4n) is 2.53. The lowest BCUT2D eigenvalue weighted by Gasteiger charge is -2.12. The van der Waals surface area contributed by atoms with Gasteiger partial charge in [0.05, 0.1) is 4.90 Å². The highest BCUT2D eigenvalue weighted by atomic mass is 32.2. The van der Waals surface area contributed by atoms with Crippen molar-refractivity contribution in [2.75, 3.05) is 0 Å². The zero-order valence-corrected chi connectivity index (χ0v) is 13.6. The van der Waals surface area contributed by atoms with Gasteiger partial charge >= 0.3 is 0 Å². The Morgan fingerprint density at radius 2 is 1.73 bits per heavy atom. The molecular formula is C17H18N2O2S. The SMILES string of the molecule is Cc1ccc2cc(S(=O)(=O)n3ccnc3C(C)C)ccc2c1. The van der Waals surface area contributed by atoms with Crippen LogP contribution in [0.5, 0.6) is 0 Å². The second-order valence-corrected chi connectivity index (χ2v) is 7.57. The summed E-state index contributed by atoms with van der Waals surface area (Å²) in [5.41, 5.74) is 1.15. The van der Waals surface area contributed by atoms with Gasteiger partial charge in [0.15, 0.2) is 0 Å². The van der Waals surface area contributed by atoms with E-state index in [1.807, 2.05) is 45.0 Å². The topological polar surface area (TPSA) is 52.0 Å². The molecule has 0 radical (unpaired) electrons. The van der Waals surface area contributed by atoms with E-state index in [-0.39, 0.29) is 10.8 Å². The standard InChI is InChI=1S/C17H18N2O2S/c1-12(2)17-18-8-9-19(17)22(20,21)16-7-6-14-10-13(3)4-5-15(14)11-16/h4-12H,1-3H3. The third kappa shape index (κ3) is 2.41. The Labute approximate surface area is 130 Å². The normalized spacial score (nSPS) is 12.2. The Kier molecular flexibility index (Phi) is 3.53. The molecule has 0 fully saturated rings. The fraction of sp³-hybridized carbons (Fsp3) is 0.235. The van der Waals surface area contributed by atoms with Gasteiger partial charge in [-0.2, -0.15) is 0 Å². The van der Waals surface area contributed by atoms with Crippen molar-refractivity contribution in [1.82, 2.24) is 8.96 Å². The van der Waals surface area contributed by atoms with Gasteiger partial charge in [0, 0.05) is 18.3 Å². The molecule has 0 aliphatic rings. The summed E-state index contributed by atoms with van der Waals surface area (Å²) in [6.45, 7) is 5.87. The van der Waals surface area contributed by atoms with Gasteiger partial charge in [0.1, 0.15) is 5.82 Å². The first-order valence-electron chi connectivity index (χ1n) is 7.19. The lowest BCUT2D eigenvalue weighted by Crippen LogP contribution is -2.16. The quantitative estimate of drug-likeness (QED) is 0.740. The summed E-state index contributed by atoms with van der Waals surface area (Å²) >= 11 is 0. The summed E-state index contributed by atoms with van der Waals surface area (Å²) in [6.07, 6.45) is 3.03. The van der Waals surface area contributed by atoms with Gasteiger partial charge in [-0.1, -0.05) is 43.7 Å². The molecule has 0 N–H and O–H groups in total. The minimum absolute atomic E-state index is 0.0351. The molecule has 0 amide bonds. The molecule has 0 spiro atoms. The van der Waals surface area contributed by atoms with Gasteiger partial charge in [0.25, 0.3) is 10.0 Å². The van der Waals surface area contributed by atoms with Crippen LogP contribution in [0, 0.1) is 6.92 Å². The summed E-state index contributed by atoms with van der Waals surface area (Å²) in [4.78, 5) is 4.45. The molecule has 0 saturated carbocycles. The number of imidazole rings is 1. The van der Waals surface area contributed by atoms with Crippen LogP contribution in [0.2, 0.25) is 0 Å². The molecule has 0 aliphatic carbocycles. The van der Waals surface area contributed by atoms with Crippen LogP contribution in [-0.2, 0) is 10.0 Å². The highest BCUT2D eigenvalue weighted by molar-refractivity contribution is 7.90. The van der Waals surface area contributed by atoms with Crippen molar-refractivity contribution >= 4 is 20.8 Å². The molecule has 2 aromatic carbocycles. The van der Waals surface area contributed by atoms with Crippen molar-refractivity contribution in [3.8, 4) is 0 Å². The Morgan fingerprint density at radius 1 is 1.05 bits per heavy atom. The Hall–Kier alpha value is -2.14. The van der Waals surface area contributed by atoms with Crippen LogP contribution in [0.4, 0.5) is 0 Å². The van der Waals surface area contributed by atoms with Crippen molar-refractivity contribution in [3.05, 3.63) is 60.2 Å². The average molecular weight is 314 g/mol. The highest BCUT2D eigenvalue weighted by Crippen LogP contribution is 2.24. The van der Waals surface area contributed by atoms with Gasteiger partial charge in [0.2, 0.25) is 0 Å². The maximum absolute atomic E-state index is 12.9. The molecule has 22 heavy (non-hydrogen) atoms. The maximum Gasteiger partial charge on any atom is 0.269 e. The van der Waals surface area contributed by atoms with E-state index < -0.39 is 10.0 Å². The van der Waals surface area contributed by atoms with Gasteiger partial charge < -0.3 is 0 Å². The van der Waals surface area contributed by atoms with Crippen LogP contribution in [-0.4, -0.2) is 17.4 Å². The molecule has 3 aromatic rings. The van der Waals surface area contributed by atoms with Gasteiger partial charge in [-0.15, -0.1) is 0 Å². The first-order chi connectivity index (χ1) is 10.4. The van der Waals surface area contributed by atoms with Gasteiger partial charge in [-0.3, -0.25) is 0 Å². The summed E-state index contributed by atoms with van der Waals surface area (Å²) < 4.78 is 27.0. The van der Waals surface area contributed by atoms with E-state index in [9.17, 15) is 8.42 Å². The predicted molar refractivity (Wildman–Crippen MR) is 87.6 cm³/mol. The van der Waals surface area contributed by atoms with Crippen molar-refractivity contribution in [3.63, 3.8) is 0 Å². The molecule has 4 nitrogen and oxygen atoms in total. The lowest BCUT2D eigenvalue weighted by molar-refractivity contribution is 0.582. The van der Waals surface area contributed by atoms with Crippen LogP contribution in [0.25, 0.3) is 10.8 Å². The van der Waals surface area contributed by atoms with E-state index in [2.05, 4.69) is 4.98 Å². The number of rotatable bonds is 3. The van der Waals surface area contributed by atoms with Gasteiger partial charge in [-0.25, -0.2) is 17.4 Å². The highest BCUT2D eigenvalue weighted by Gasteiger charge is 2.21. The van der Waals surface area contributed by atoms with Crippen LogP contribution in [0.15, 0.2) is 53.7 Å². The third-order valence-corrected chi connectivity index (χ3v) is 5.35. The average Bonchev–Trinajstić information content (AvgIpc) is 2.97. The lowest BCUT2D eigenvalue weighted by atomic mass is 10.1. The molecule has 1 aromatic heterocycles.